The molecule has 0 bridgehead atoms. The van der Waals surface area contributed by atoms with E-state index in [0.29, 0.717) is 91.3 Å². The van der Waals surface area contributed by atoms with Gasteiger partial charge in [-0.1, -0.05) is 99.4 Å². The maximum atomic E-state index is 14.7. The number of hydroxylamine groups is 2. The Balaban J connectivity index is 1.01. The summed E-state index contributed by atoms with van der Waals surface area (Å²) in [5.74, 6) is -5.97. The van der Waals surface area contributed by atoms with Crippen LogP contribution in [0.5, 0.6) is 5.75 Å². The van der Waals surface area contributed by atoms with Gasteiger partial charge >= 0.3 is 18.1 Å². The fraction of sp³-hybridized carbons (Fsp3) is 0.675. The molecule has 33 heteroatoms. The fourth-order valence-electron chi connectivity index (χ4n) is 14.9. The Labute approximate surface area is 668 Å². The average molecular weight is 1600 g/mol. The van der Waals surface area contributed by atoms with E-state index < -0.39 is 137 Å². The number of alkyl carbamates (subject to hydrolysis) is 1. The number of primary amides is 1. The fourth-order valence-corrected chi connectivity index (χ4v) is 16.4. The van der Waals surface area contributed by atoms with Crippen LogP contribution in [0.25, 0.3) is 0 Å². The first-order chi connectivity index (χ1) is 53.5. The highest BCUT2D eigenvalue weighted by molar-refractivity contribution is 8.00. The zero-order valence-corrected chi connectivity index (χ0v) is 69.5. The van der Waals surface area contributed by atoms with Crippen LogP contribution in [0, 0.1) is 35.0 Å². The van der Waals surface area contributed by atoms with Crippen LogP contribution in [-0.4, -0.2) is 235 Å². The summed E-state index contributed by atoms with van der Waals surface area (Å²) < 4.78 is 23.4. The van der Waals surface area contributed by atoms with Gasteiger partial charge in [-0.25, -0.2) is 14.4 Å². The molecule has 0 aromatic heterocycles. The third-order valence-electron chi connectivity index (χ3n) is 21.8. The zero-order valence-electron chi connectivity index (χ0n) is 68.7. The summed E-state index contributed by atoms with van der Waals surface area (Å²) in [7, 11) is 9.91. The van der Waals surface area contributed by atoms with Crippen LogP contribution < -0.4 is 47.7 Å². The molecule has 113 heavy (non-hydrogen) atoms. The van der Waals surface area contributed by atoms with Gasteiger partial charge in [0.15, 0.2) is 0 Å². The van der Waals surface area contributed by atoms with Gasteiger partial charge in [0.25, 0.3) is 11.8 Å². The molecule has 6 rings (SSSR count). The minimum Gasteiger partial charge on any atom is -0.497 e. The molecule has 3 aliphatic heterocycles. The number of likely N-dealkylation sites (tertiary alicyclic amines) is 2. The van der Waals surface area contributed by atoms with Gasteiger partial charge in [-0.3, -0.25) is 62.5 Å². The number of carbonyl (C=O) groups excluding carboxylic acids is 14. The summed E-state index contributed by atoms with van der Waals surface area (Å²) in [6.45, 7) is 19.1. The Kier molecular flexibility index (Phi) is 36.2. The van der Waals surface area contributed by atoms with Crippen molar-refractivity contribution >= 4 is 101 Å². The molecule has 0 spiro atoms. The minimum absolute atomic E-state index is 0.00747. The molecule has 14 amide bonds. The first kappa shape index (κ1) is 92.9. The molecule has 1 saturated carbocycles. The van der Waals surface area contributed by atoms with Gasteiger partial charge < -0.3 is 76.5 Å². The largest absolute Gasteiger partial charge is 0.497 e. The number of hydrogen-bond donors (Lipinski definition) is 8. The summed E-state index contributed by atoms with van der Waals surface area (Å²) in [5.41, 5.74) is 6.31. The quantitative estimate of drug-likeness (QED) is 0.0277. The number of methoxy groups -OCH3 is 3. The highest BCUT2D eigenvalue weighted by atomic mass is 32.2. The Morgan fingerprint density at radius 1 is 0.708 bits per heavy atom. The molecule has 1 unspecified atom stereocenters. The van der Waals surface area contributed by atoms with Crippen LogP contribution in [0.15, 0.2) is 48.5 Å². The van der Waals surface area contributed by atoms with E-state index in [-0.39, 0.29) is 118 Å². The Hall–Kier alpha value is -8.95. The smallest absolute Gasteiger partial charge is 0.408 e. The van der Waals surface area contributed by atoms with Crippen molar-refractivity contribution in [2.24, 2.45) is 40.7 Å². The van der Waals surface area contributed by atoms with Crippen LogP contribution in [0.4, 0.5) is 15.3 Å². The highest BCUT2D eigenvalue weighted by Crippen LogP contribution is 2.52. The van der Waals surface area contributed by atoms with Crippen molar-refractivity contribution in [2.75, 3.05) is 73.2 Å². The first-order valence-electron chi connectivity index (χ1n) is 39.5. The van der Waals surface area contributed by atoms with Crippen LogP contribution in [0.3, 0.4) is 0 Å². The molecule has 13 atom stereocenters. The van der Waals surface area contributed by atoms with E-state index in [4.69, 9.17) is 29.5 Å². The lowest BCUT2D eigenvalue weighted by molar-refractivity contribution is -0.198. The van der Waals surface area contributed by atoms with Gasteiger partial charge in [0.2, 0.25) is 53.2 Å². The predicted octanol–water partition coefficient (Wildman–Crippen LogP) is 6.03. The lowest BCUT2D eigenvalue weighted by atomic mass is 9.89. The molecular formula is C80H123N13O19S. The molecular weight excluding hydrogens is 1480 g/mol. The number of unbranched alkanes of at least 4 members (excludes halogenated alkanes) is 2. The van der Waals surface area contributed by atoms with E-state index in [9.17, 15) is 67.1 Å². The maximum absolute atomic E-state index is 14.7. The molecule has 4 fully saturated rings. The van der Waals surface area contributed by atoms with E-state index >= 15 is 0 Å². The number of hydrogen-bond acceptors (Lipinski definition) is 21. The van der Waals surface area contributed by atoms with Crippen molar-refractivity contribution in [3.8, 4) is 5.75 Å². The maximum Gasteiger partial charge on any atom is 0.408 e. The Bertz CT molecular complexity index is 3590. The highest BCUT2D eigenvalue weighted by Gasteiger charge is 2.49. The average Bonchev–Trinajstić information content (AvgIpc) is 1.76. The van der Waals surface area contributed by atoms with Crippen molar-refractivity contribution in [1.82, 2.24) is 56.6 Å². The molecule has 4 aliphatic rings. The molecule has 3 saturated heterocycles. The van der Waals surface area contributed by atoms with E-state index in [2.05, 4.69) is 37.2 Å². The molecule has 32 nitrogen and oxygen atoms in total. The topological polar surface area (TPSA) is 412 Å². The summed E-state index contributed by atoms with van der Waals surface area (Å²) >= 11 is 1.30. The van der Waals surface area contributed by atoms with Crippen LogP contribution in [0.2, 0.25) is 0 Å². The Morgan fingerprint density at radius 3 is 1.94 bits per heavy atom. The number of urea groups is 1. The number of ether oxygens (including phenoxy) is 4. The normalized spacial score (nSPS) is 19.0. The van der Waals surface area contributed by atoms with Crippen molar-refractivity contribution < 1.29 is 90.9 Å². The van der Waals surface area contributed by atoms with Crippen LogP contribution in [0.1, 0.15) is 189 Å². The monoisotopic (exact) mass is 1600 g/mol. The van der Waals surface area contributed by atoms with Crippen molar-refractivity contribution in [1.29, 1.82) is 0 Å². The number of nitrogens with two attached hydrogens (primary N) is 1. The van der Waals surface area contributed by atoms with Gasteiger partial charge in [0, 0.05) is 78.0 Å². The molecule has 1 aliphatic carbocycles. The number of rotatable bonds is 46. The third-order valence-corrected chi connectivity index (χ3v) is 23.3. The van der Waals surface area contributed by atoms with Gasteiger partial charge in [-0.15, -0.1) is 16.8 Å². The molecule has 3 heterocycles. The second-order valence-electron chi connectivity index (χ2n) is 31.6. The van der Waals surface area contributed by atoms with E-state index in [1.54, 1.807) is 93.1 Å². The summed E-state index contributed by atoms with van der Waals surface area (Å²) in [5, 5.41) is 19.8. The van der Waals surface area contributed by atoms with Crippen molar-refractivity contribution in [3.63, 3.8) is 0 Å². The number of carbonyl (C=O) groups is 14. The molecule has 0 radical (unpaired) electrons. The number of benzene rings is 2. The first-order valence-corrected chi connectivity index (χ1v) is 40.6. The van der Waals surface area contributed by atoms with E-state index in [1.165, 1.54) is 38.0 Å². The minimum atomic E-state index is -1.15. The lowest BCUT2D eigenvalue weighted by Gasteiger charge is -2.41. The number of anilines is 1. The second kappa shape index (κ2) is 44.1. The number of nitrogens with zero attached hydrogens (tertiary/aromatic N) is 5. The standard InChI is InChI=1S/C80H123N13O19S/c1-17-49(8)70(90(13)77(105)67(47(4)5)87-75(103)69(48(6)7)89(11)12)58(109-15)41-63(97)91-40-22-24-57(91)71(110-16)50(9)72(100)83-51(10)68(53-28-32-55(108-14)33-29-53)88-79(107)111-44-52-26-30-54(31-27-52)84-73(101)56(23-21-38-82-78(81)106)85-74(102)66(46(2)3)86-60(94)25-19-18-20-39-92-64(98)42-59(76(92)104)113-45-80(36-37-80)43-65(99)112-93-61(95)34-35-62(93)96/h26-33,46-51,56-59,66-71H,17-25,34-45H2,1-16H3,(H,83,100)(H,84,101)(H,85,102)(H,86,94)(H,87,103)(H,88,107)(H3,81,82,106)/t49-,50+,51+,56-,57-,58+,59?,66-,67-,68+,69-,70-,71+/m0/s1. The van der Waals surface area contributed by atoms with Crippen molar-refractivity contribution in [2.45, 2.75) is 244 Å². The SMILES string of the molecule is CC[C@H](C)[C@@H]([C@@H](CC(=O)N1CCC[C@H]1[C@H](OC)[C@@H](C)C(=O)N[C@H](C)[C@@H](NC(=O)OCc1ccc(NC(=O)[C@H](CCCNC(N)=O)NC(=O)[C@@H](NC(=O)CCCCCN2C(=O)CC(SCC3(CC(=O)ON4C(=O)CCC4=O)CC3)C2=O)C(C)C)cc1)c1ccc(OC)cc1)OC)N(C)C(=O)[C@@H](NC(=O)[C@H](C(C)C)N(C)C)C(C)C. The van der Waals surface area contributed by atoms with E-state index in [0.717, 1.165) is 0 Å². The second-order valence-corrected chi connectivity index (χ2v) is 32.8. The molecule has 9 N–H and O–H groups in total. The number of likely N-dealkylation sites (N-methyl/N-ethyl adjacent to an activating group) is 2. The molecule has 2 aromatic carbocycles. The zero-order chi connectivity index (χ0) is 83.7. The number of nitrogens with one attached hydrogen (secondary N) is 7. The third kappa shape index (κ3) is 26.8. The van der Waals surface area contributed by atoms with E-state index in [1.807, 2.05) is 60.5 Å². The summed E-state index contributed by atoms with van der Waals surface area (Å²) in [6, 6.07) is 6.42. The number of thioether (sulfide) groups is 1. The lowest BCUT2D eigenvalue weighted by Crippen LogP contribution is -2.59. The van der Waals surface area contributed by atoms with Crippen LogP contribution in [-0.2, 0) is 83.2 Å². The number of imide groups is 2. The van der Waals surface area contributed by atoms with Gasteiger partial charge in [-0.2, -0.15) is 0 Å². The van der Waals surface area contributed by atoms with Crippen molar-refractivity contribution in [3.05, 3.63) is 59.7 Å². The Morgan fingerprint density at radius 2 is 1.36 bits per heavy atom. The molecule has 628 valence electrons. The van der Waals surface area contributed by atoms with Crippen LogP contribution >= 0.6 is 11.8 Å². The van der Waals surface area contributed by atoms with Gasteiger partial charge in [0.1, 0.15) is 30.5 Å². The van der Waals surface area contributed by atoms with Gasteiger partial charge in [-0.05, 0) is 137 Å². The summed E-state index contributed by atoms with van der Waals surface area (Å²) in [4.78, 5) is 198. The van der Waals surface area contributed by atoms with Gasteiger partial charge in [0.05, 0.1) is 73.5 Å². The predicted molar refractivity (Wildman–Crippen MR) is 422 cm³/mol. The number of amides is 14. The summed E-state index contributed by atoms with van der Waals surface area (Å²) in [6.07, 6.45) is 2.39. The molecule has 2 aromatic rings.